The smallest absolute Gasteiger partial charge is 0.0273 e. The van der Waals surface area contributed by atoms with Crippen LogP contribution in [0.3, 0.4) is 0 Å². The van der Waals surface area contributed by atoms with E-state index in [1.165, 1.54) is 38.5 Å². The van der Waals surface area contributed by atoms with Gasteiger partial charge in [-0.05, 0) is 19.1 Å². The maximum absolute atomic E-state index is 3.93. The third-order valence-corrected chi connectivity index (χ3v) is 1.62. The highest BCUT2D eigenvalue weighted by Crippen LogP contribution is 2.03. The van der Waals surface area contributed by atoms with E-state index in [-0.39, 0.29) is 0 Å². The van der Waals surface area contributed by atoms with Crippen molar-refractivity contribution in [2.45, 2.75) is 59.3 Å². The lowest BCUT2D eigenvalue weighted by atomic mass is 10.1. The van der Waals surface area contributed by atoms with E-state index in [1.54, 1.807) is 0 Å². The number of nitrogens with zero attached hydrogens (tertiary/aromatic N) is 1. The molecule has 0 spiro atoms. The van der Waals surface area contributed by atoms with Gasteiger partial charge in [-0.3, -0.25) is 0 Å². The summed E-state index contributed by atoms with van der Waals surface area (Å²) in [5.41, 5.74) is 0. The molecule has 74 valence electrons. The first-order valence-corrected chi connectivity index (χ1v) is 5.32. The second kappa shape index (κ2) is 17.0. The summed E-state index contributed by atoms with van der Waals surface area (Å²) in [6.07, 6.45) is 9.99. The van der Waals surface area contributed by atoms with E-state index in [0.717, 1.165) is 0 Å². The summed E-state index contributed by atoms with van der Waals surface area (Å²) in [7, 11) is 1.84. The Balaban J connectivity index is 0. The molecule has 0 saturated carbocycles. The van der Waals surface area contributed by atoms with Crippen molar-refractivity contribution in [3.8, 4) is 0 Å². The molecule has 1 heteroatoms. The van der Waals surface area contributed by atoms with Gasteiger partial charge >= 0.3 is 0 Å². The minimum atomic E-state index is 1.17. The van der Waals surface area contributed by atoms with Crippen molar-refractivity contribution in [3.05, 3.63) is 0 Å². The SMILES string of the molecule is CC.CCCCCCCC=NC. The van der Waals surface area contributed by atoms with Gasteiger partial charge in [-0.1, -0.05) is 46.5 Å². The minimum Gasteiger partial charge on any atom is -0.301 e. The molecule has 0 radical (unpaired) electrons. The van der Waals surface area contributed by atoms with Crippen LogP contribution in [0, 0.1) is 0 Å². The first-order chi connectivity index (χ1) is 5.91. The van der Waals surface area contributed by atoms with Gasteiger partial charge in [0.05, 0.1) is 0 Å². The van der Waals surface area contributed by atoms with Crippen molar-refractivity contribution in [2.24, 2.45) is 4.99 Å². The lowest BCUT2D eigenvalue weighted by molar-refractivity contribution is 0.645. The Hall–Kier alpha value is -0.330. The van der Waals surface area contributed by atoms with E-state index in [4.69, 9.17) is 0 Å². The molecule has 0 aliphatic heterocycles. The summed E-state index contributed by atoms with van der Waals surface area (Å²) in [4.78, 5) is 3.93. The lowest BCUT2D eigenvalue weighted by Crippen LogP contribution is -1.78. The summed E-state index contributed by atoms with van der Waals surface area (Å²) in [5, 5.41) is 0. The van der Waals surface area contributed by atoms with E-state index < -0.39 is 0 Å². The Bertz CT molecular complexity index is 77.1. The zero-order chi connectivity index (χ0) is 9.66. The number of hydrogen-bond acceptors (Lipinski definition) is 1. The van der Waals surface area contributed by atoms with E-state index in [1.807, 2.05) is 27.1 Å². The summed E-state index contributed by atoms with van der Waals surface area (Å²) in [6, 6.07) is 0. The second-order valence-corrected chi connectivity index (χ2v) is 2.64. The van der Waals surface area contributed by atoms with Gasteiger partial charge in [0, 0.05) is 7.05 Å². The number of aliphatic imine (C=N–C) groups is 1. The van der Waals surface area contributed by atoms with Gasteiger partial charge in [0.1, 0.15) is 0 Å². The molecule has 0 heterocycles. The van der Waals surface area contributed by atoms with E-state index >= 15 is 0 Å². The Morgan fingerprint density at radius 3 is 2.08 bits per heavy atom. The van der Waals surface area contributed by atoms with Crippen LogP contribution in [0.15, 0.2) is 4.99 Å². The van der Waals surface area contributed by atoms with Crippen molar-refractivity contribution in [2.75, 3.05) is 7.05 Å². The standard InChI is InChI=1S/C9H19N.C2H6/c1-3-4-5-6-7-8-9-10-2;1-2/h9H,3-8H2,1-2H3;1-2H3. The summed E-state index contributed by atoms with van der Waals surface area (Å²) >= 11 is 0. The lowest BCUT2D eigenvalue weighted by Gasteiger charge is -1.94. The molecule has 12 heavy (non-hydrogen) atoms. The minimum absolute atomic E-state index is 1.17. The van der Waals surface area contributed by atoms with Crippen LogP contribution in [0.4, 0.5) is 0 Å². The third-order valence-electron chi connectivity index (χ3n) is 1.62. The Morgan fingerprint density at radius 2 is 1.58 bits per heavy atom. The van der Waals surface area contributed by atoms with Gasteiger partial charge in [-0.25, -0.2) is 0 Å². The van der Waals surface area contributed by atoms with Crippen molar-refractivity contribution in [1.82, 2.24) is 0 Å². The largest absolute Gasteiger partial charge is 0.301 e. The van der Waals surface area contributed by atoms with Gasteiger partial charge in [-0.2, -0.15) is 0 Å². The number of hydrogen-bond donors (Lipinski definition) is 0. The monoisotopic (exact) mass is 171 g/mol. The summed E-state index contributed by atoms with van der Waals surface area (Å²) < 4.78 is 0. The van der Waals surface area contributed by atoms with Gasteiger partial charge in [-0.15, -0.1) is 0 Å². The van der Waals surface area contributed by atoms with E-state index in [9.17, 15) is 0 Å². The average Bonchev–Trinajstić information content (AvgIpc) is 2.15. The number of rotatable bonds is 6. The van der Waals surface area contributed by atoms with Gasteiger partial charge in [0.25, 0.3) is 0 Å². The Morgan fingerprint density at radius 1 is 1.00 bits per heavy atom. The zero-order valence-electron chi connectivity index (χ0n) is 9.27. The molecule has 0 aromatic carbocycles. The van der Waals surface area contributed by atoms with Crippen molar-refractivity contribution >= 4 is 6.21 Å². The van der Waals surface area contributed by atoms with Gasteiger partial charge < -0.3 is 4.99 Å². The highest BCUT2D eigenvalue weighted by Gasteiger charge is 1.85. The predicted octanol–water partition coefficient (Wildman–Crippen LogP) is 4.07. The molecule has 0 aliphatic carbocycles. The highest BCUT2D eigenvalue weighted by molar-refractivity contribution is 5.56. The molecular formula is C11H25N. The van der Waals surface area contributed by atoms with Crippen LogP contribution in [0.2, 0.25) is 0 Å². The molecule has 0 aromatic heterocycles. The molecule has 0 rings (SSSR count). The first kappa shape index (κ1) is 14.2. The van der Waals surface area contributed by atoms with Crippen LogP contribution in [0.1, 0.15) is 59.3 Å². The average molecular weight is 171 g/mol. The molecule has 0 aliphatic rings. The fraction of sp³-hybridized carbons (Fsp3) is 0.909. The van der Waals surface area contributed by atoms with Crippen LogP contribution in [-0.4, -0.2) is 13.3 Å². The topological polar surface area (TPSA) is 12.4 Å². The molecule has 0 N–H and O–H groups in total. The van der Waals surface area contributed by atoms with Crippen molar-refractivity contribution < 1.29 is 0 Å². The molecule has 0 aromatic rings. The Labute approximate surface area is 78.3 Å². The fourth-order valence-electron chi connectivity index (χ4n) is 0.968. The Kier molecular flexibility index (Phi) is 20.1. The highest BCUT2D eigenvalue weighted by atomic mass is 14.6. The van der Waals surface area contributed by atoms with Gasteiger partial charge in [0.15, 0.2) is 0 Å². The second-order valence-electron chi connectivity index (χ2n) is 2.64. The molecule has 0 unspecified atom stereocenters. The quantitative estimate of drug-likeness (QED) is 0.422. The molecule has 0 atom stereocenters. The maximum Gasteiger partial charge on any atom is 0.0273 e. The normalized spacial score (nSPS) is 9.67. The maximum atomic E-state index is 3.93. The first-order valence-electron chi connectivity index (χ1n) is 5.32. The van der Waals surface area contributed by atoms with Crippen molar-refractivity contribution in [1.29, 1.82) is 0 Å². The molecule has 0 fully saturated rings. The molecule has 1 nitrogen and oxygen atoms in total. The third kappa shape index (κ3) is 16.3. The van der Waals surface area contributed by atoms with Gasteiger partial charge in [0.2, 0.25) is 0 Å². The van der Waals surface area contributed by atoms with Crippen molar-refractivity contribution in [3.63, 3.8) is 0 Å². The number of unbranched alkanes of at least 4 members (excludes halogenated alkanes) is 5. The molecular weight excluding hydrogens is 146 g/mol. The zero-order valence-corrected chi connectivity index (χ0v) is 9.27. The van der Waals surface area contributed by atoms with Crippen LogP contribution < -0.4 is 0 Å². The summed E-state index contributed by atoms with van der Waals surface area (Å²) in [6.45, 7) is 6.24. The molecule has 0 saturated heterocycles. The van der Waals surface area contributed by atoms with Crippen LogP contribution in [0.25, 0.3) is 0 Å². The fourth-order valence-corrected chi connectivity index (χ4v) is 0.968. The molecule has 0 amide bonds. The van der Waals surface area contributed by atoms with E-state index in [0.29, 0.717) is 0 Å². The van der Waals surface area contributed by atoms with E-state index in [2.05, 4.69) is 11.9 Å². The van der Waals surface area contributed by atoms with Crippen LogP contribution in [0.5, 0.6) is 0 Å². The van der Waals surface area contributed by atoms with Crippen LogP contribution >= 0.6 is 0 Å². The van der Waals surface area contributed by atoms with Crippen LogP contribution in [-0.2, 0) is 0 Å². The predicted molar refractivity (Wildman–Crippen MR) is 59.1 cm³/mol. The summed E-state index contributed by atoms with van der Waals surface area (Å²) in [5.74, 6) is 0. The molecule has 0 bridgehead atoms.